The molecule has 3 rings (SSSR count). The second-order valence-corrected chi connectivity index (χ2v) is 5.99. The van der Waals surface area contributed by atoms with Crippen molar-refractivity contribution in [3.63, 3.8) is 0 Å². The molecule has 1 N–H and O–H groups in total. The van der Waals surface area contributed by atoms with Gasteiger partial charge in [0.2, 0.25) is 0 Å². The molecule has 1 unspecified atom stereocenters. The predicted octanol–water partition coefficient (Wildman–Crippen LogP) is 1.98. The van der Waals surface area contributed by atoms with Gasteiger partial charge in [-0.25, -0.2) is 4.68 Å². The molecular weight excluding hydrogens is 332 g/mol. The van der Waals surface area contributed by atoms with E-state index < -0.39 is 0 Å². The number of carbonyl (C=O) groups excluding carboxylic acids is 1. The van der Waals surface area contributed by atoms with E-state index in [2.05, 4.69) is 15.6 Å². The summed E-state index contributed by atoms with van der Waals surface area (Å²) in [6.07, 6.45) is 2.07. The monoisotopic (exact) mass is 350 g/mol. The van der Waals surface area contributed by atoms with Crippen LogP contribution in [0.25, 0.3) is 5.69 Å². The standard InChI is InChI=1S/C16H19ClN4O3/c1-23-10-14-15(16(22)18-9-13-3-2-8-24-13)19-20-21(14)12-6-4-11(17)5-7-12/h4-7,13H,2-3,8-10H2,1H3,(H,18,22). The van der Waals surface area contributed by atoms with Gasteiger partial charge in [-0.2, -0.15) is 0 Å². The molecule has 0 bridgehead atoms. The smallest absolute Gasteiger partial charge is 0.273 e. The lowest BCUT2D eigenvalue weighted by molar-refractivity contribution is 0.0849. The number of carbonyl (C=O) groups is 1. The van der Waals surface area contributed by atoms with Crippen molar-refractivity contribution in [1.82, 2.24) is 20.3 Å². The Bertz CT molecular complexity index is 696. The molecule has 0 radical (unpaired) electrons. The van der Waals surface area contributed by atoms with Crippen LogP contribution in [0.15, 0.2) is 24.3 Å². The Hall–Kier alpha value is -1.96. The molecule has 24 heavy (non-hydrogen) atoms. The molecule has 1 saturated heterocycles. The Morgan fingerprint density at radius 3 is 2.92 bits per heavy atom. The fourth-order valence-electron chi connectivity index (χ4n) is 2.63. The van der Waals surface area contributed by atoms with Crippen molar-refractivity contribution in [3.05, 3.63) is 40.7 Å². The van der Waals surface area contributed by atoms with E-state index >= 15 is 0 Å². The molecule has 128 valence electrons. The van der Waals surface area contributed by atoms with Gasteiger partial charge in [0, 0.05) is 25.3 Å². The molecule has 2 heterocycles. The Morgan fingerprint density at radius 1 is 1.46 bits per heavy atom. The van der Waals surface area contributed by atoms with E-state index in [1.54, 1.807) is 23.9 Å². The minimum absolute atomic E-state index is 0.0751. The van der Waals surface area contributed by atoms with E-state index in [0.717, 1.165) is 25.1 Å². The molecule has 1 atom stereocenters. The van der Waals surface area contributed by atoms with Crippen LogP contribution < -0.4 is 5.32 Å². The third kappa shape index (κ3) is 3.75. The first-order valence-electron chi connectivity index (χ1n) is 7.78. The number of methoxy groups -OCH3 is 1. The van der Waals surface area contributed by atoms with Crippen LogP contribution in [-0.2, 0) is 16.1 Å². The summed E-state index contributed by atoms with van der Waals surface area (Å²) in [6.45, 7) is 1.44. The third-order valence-corrected chi connectivity index (χ3v) is 4.10. The lowest BCUT2D eigenvalue weighted by Gasteiger charge is -2.11. The average molecular weight is 351 g/mol. The second kappa shape index (κ2) is 7.74. The van der Waals surface area contributed by atoms with Crippen molar-refractivity contribution in [1.29, 1.82) is 0 Å². The van der Waals surface area contributed by atoms with E-state index in [9.17, 15) is 4.79 Å². The number of aromatic nitrogens is 3. The molecule has 1 amide bonds. The van der Waals surface area contributed by atoms with Crippen LogP contribution in [-0.4, -0.2) is 47.3 Å². The summed E-state index contributed by atoms with van der Waals surface area (Å²) in [5, 5.41) is 11.6. The van der Waals surface area contributed by atoms with Crippen molar-refractivity contribution >= 4 is 17.5 Å². The molecule has 1 fully saturated rings. The number of nitrogens with zero attached hydrogens (tertiary/aromatic N) is 3. The van der Waals surface area contributed by atoms with E-state index in [0.29, 0.717) is 17.3 Å². The van der Waals surface area contributed by atoms with Crippen LogP contribution in [0.5, 0.6) is 0 Å². The number of rotatable bonds is 6. The third-order valence-electron chi connectivity index (χ3n) is 3.84. The van der Waals surface area contributed by atoms with Crippen LogP contribution in [0.1, 0.15) is 29.0 Å². The molecule has 0 saturated carbocycles. The molecular formula is C16H19ClN4O3. The Balaban J connectivity index is 1.79. The number of amides is 1. The van der Waals surface area contributed by atoms with Crippen molar-refractivity contribution < 1.29 is 14.3 Å². The highest BCUT2D eigenvalue weighted by Gasteiger charge is 2.22. The van der Waals surface area contributed by atoms with Gasteiger partial charge < -0.3 is 14.8 Å². The van der Waals surface area contributed by atoms with Gasteiger partial charge in [0.15, 0.2) is 5.69 Å². The van der Waals surface area contributed by atoms with Gasteiger partial charge in [-0.1, -0.05) is 16.8 Å². The number of ether oxygens (including phenoxy) is 2. The van der Waals surface area contributed by atoms with Crippen LogP contribution in [0.3, 0.4) is 0 Å². The number of hydrogen-bond acceptors (Lipinski definition) is 5. The number of benzene rings is 1. The van der Waals surface area contributed by atoms with E-state index in [-0.39, 0.29) is 24.3 Å². The second-order valence-electron chi connectivity index (χ2n) is 5.55. The molecule has 0 spiro atoms. The molecule has 1 aromatic heterocycles. The molecule has 1 aromatic carbocycles. The molecule has 1 aliphatic heterocycles. The Labute approximate surface area is 144 Å². The van der Waals surface area contributed by atoms with Crippen LogP contribution >= 0.6 is 11.6 Å². The normalized spacial score (nSPS) is 17.2. The fraction of sp³-hybridized carbons (Fsp3) is 0.438. The zero-order chi connectivity index (χ0) is 16.9. The Kier molecular flexibility index (Phi) is 5.44. The fourth-order valence-corrected chi connectivity index (χ4v) is 2.76. The highest BCUT2D eigenvalue weighted by molar-refractivity contribution is 6.30. The minimum atomic E-state index is -0.280. The zero-order valence-corrected chi connectivity index (χ0v) is 14.1. The van der Waals surface area contributed by atoms with E-state index in [1.807, 2.05) is 12.1 Å². The first-order valence-corrected chi connectivity index (χ1v) is 8.16. The average Bonchev–Trinajstić information content (AvgIpc) is 3.24. The van der Waals surface area contributed by atoms with Crippen molar-refractivity contribution in [2.75, 3.05) is 20.3 Å². The van der Waals surface area contributed by atoms with Crippen molar-refractivity contribution in [2.24, 2.45) is 0 Å². The molecule has 8 heteroatoms. The van der Waals surface area contributed by atoms with Gasteiger partial charge >= 0.3 is 0 Å². The number of nitrogens with one attached hydrogen (secondary N) is 1. The van der Waals surface area contributed by atoms with Gasteiger partial charge in [-0.3, -0.25) is 4.79 Å². The summed E-state index contributed by atoms with van der Waals surface area (Å²) >= 11 is 5.91. The van der Waals surface area contributed by atoms with Gasteiger partial charge in [0.05, 0.1) is 18.4 Å². The largest absolute Gasteiger partial charge is 0.378 e. The zero-order valence-electron chi connectivity index (χ0n) is 13.4. The van der Waals surface area contributed by atoms with E-state index in [4.69, 9.17) is 21.1 Å². The lowest BCUT2D eigenvalue weighted by atomic mass is 10.2. The van der Waals surface area contributed by atoms with Crippen LogP contribution in [0, 0.1) is 0 Å². The first kappa shape index (κ1) is 16.9. The first-order chi connectivity index (χ1) is 11.7. The summed E-state index contributed by atoms with van der Waals surface area (Å²) in [5.74, 6) is -0.280. The maximum atomic E-state index is 12.4. The van der Waals surface area contributed by atoms with Gasteiger partial charge in [-0.15, -0.1) is 5.10 Å². The number of hydrogen-bond donors (Lipinski definition) is 1. The summed E-state index contributed by atoms with van der Waals surface area (Å²) < 4.78 is 12.3. The van der Waals surface area contributed by atoms with Gasteiger partial charge in [0.1, 0.15) is 5.69 Å². The maximum absolute atomic E-state index is 12.4. The SMILES string of the molecule is COCc1c(C(=O)NCC2CCCO2)nnn1-c1ccc(Cl)cc1. The summed E-state index contributed by atoms with van der Waals surface area (Å²) in [4.78, 5) is 12.4. The highest BCUT2D eigenvalue weighted by Crippen LogP contribution is 2.17. The Morgan fingerprint density at radius 2 is 2.25 bits per heavy atom. The van der Waals surface area contributed by atoms with Crippen LogP contribution in [0.2, 0.25) is 5.02 Å². The summed E-state index contributed by atoms with van der Waals surface area (Å²) in [7, 11) is 1.56. The lowest BCUT2D eigenvalue weighted by Crippen LogP contribution is -2.32. The van der Waals surface area contributed by atoms with Crippen molar-refractivity contribution in [3.8, 4) is 5.69 Å². The quantitative estimate of drug-likeness (QED) is 0.861. The summed E-state index contributed by atoms with van der Waals surface area (Å²) in [5.41, 5.74) is 1.60. The minimum Gasteiger partial charge on any atom is -0.378 e. The number of halogens is 1. The van der Waals surface area contributed by atoms with Gasteiger partial charge in [0.25, 0.3) is 5.91 Å². The topological polar surface area (TPSA) is 78.3 Å². The van der Waals surface area contributed by atoms with Crippen LogP contribution in [0.4, 0.5) is 0 Å². The predicted molar refractivity (Wildman–Crippen MR) is 88.4 cm³/mol. The van der Waals surface area contributed by atoms with Gasteiger partial charge in [-0.05, 0) is 37.1 Å². The molecule has 1 aliphatic rings. The molecule has 7 nitrogen and oxygen atoms in total. The molecule has 0 aliphatic carbocycles. The molecule has 2 aromatic rings. The maximum Gasteiger partial charge on any atom is 0.273 e. The summed E-state index contributed by atoms with van der Waals surface area (Å²) in [6, 6.07) is 7.13. The van der Waals surface area contributed by atoms with Crippen molar-refractivity contribution in [2.45, 2.75) is 25.6 Å². The van der Waals surface area contributed by atoms with E-state index in [1.165, 1.54) is 0 Å². The highest BCUT2D eigenvalue weighted by atomic mass is 35.5.